The number of nitrogens with zero attached hydrogens (tertiary/aromatic N) is 1. The summed E-state index contributed by atoms with van der Waals surface area (Å²) < 4.78 is 0. The van der Waals surface area contributed by atoms with Gasteiger partial charge in [-0.1, -0.05) is 26.0 Å². The number of nitrogens with one attached hydrogen (secondary N) is 2. The molecular weight excluding hydrogens is 398 g/mol. The molecule has 0 radical (unpaired) electrons. The van der Waals surface area contributed by atoms with Gasteiger partial charge in [0, 0.05) is 23.4 Å². The Kier molecular flexibility index (Phi) is 5.90. The van der Waals surface area contributed by atoms with Crippen LogP contribution in [-0.2, 0) is 9.59 Å². The van der Waals surface area contributed by atoms with Crippen LogP contribution in [0.2, 0.25) is 0 Å². The van der Waals surface area contributed by atoms with E-state index in [9.17, 15) is 14.4 Å². The van der Waals surface area contributed by atoms with E-state index < -0.39 is 6.04 Å². The molecule has 2 unspecified atom stereocenters. The molecule has 6 nitrogen and oxygen atoms in total. The molecule has 30 heavy (non-hydrogen) atoms. The zero-order valence-corrected chi connectivity index (χ0v) is 18.1. The fraction of sp³-hybridized carbons (Fsp3) is 0.435. The maximum absolute atomic E-state index is 13.3. The summed E-state index contributed by atoms with van der Waals surface area (Å²) >= 11 is 1.62. The minimum absolute atomic E-state index is 0.00690. The van der Waals surface area contributed by atoms with E-state index in [0.29, 0.717) is 30.6 Å². The van der Waals surface area contributed by atoms with Crippen molar-refractivity contribution in [2.24, 2.45) is 5.92 Å². The smallest absolute Gasteiger partial charge is 0.256 e. The van der Waals surface area contributed by atoms with Crippen LogP contribution < -0.4 is 10.6 Å². The van der Waals surface area contributed by atoms with Crippen LogP contribution in [-0.4, -0.2) is 41.2 Å². The van der Waals surface area contributed by atoms with Gasteiger partial charge < -0.3 is 15.5 Å². The van der Waals surface area contributed by atoms with Crippen LogP contribution in [0.15, 0.2) is 35.7 Å². The van der Waals surface area contributed by atoms with Gasteiger partial charge in [-0.05, 0) is 54.8 Å². The average molecular weight is 426 g/mol. The standard InChI is InChI=1S/C23H27N3O3S/c1-3-14(4-2)21(27)24-16-9-10-26-19(13-16)22(28)25-18-8-7-15(12-17(18)23(26)29)20-6-5-11-30-20/h5-8,11-12,14,16,19H,3-4,9-10,13H2,1-2H3,(H,24,27)(H,25,28). The van der Waals surface area contributed by atoms with Gasteiger partial charge in [0.1, 0.15) is 6.04 Å². The maximum atomic E-state index is 13.3. The van der Waals surface area contributed by atoms with Gasteiger partial charge in [-0.25, -0.2) is 0 Å². The summed E-state index contributed by atoms with van der Waals surface area (Å²) in [6, 6.07) is 8.94. The van der Waals surface area contributed by atoms with E-state index in [4.69, 9.17) is 0 Å². The highest BCUT2D eigenvalue weighted by Gasteiger charge is 2.40. The van der Waals surface area contributed by atoms with Crippen molar-refractivity contribution in [1.29, 1.82) is 0 Å². The summed E-state index contributed by atoms with van der Waals surface area (Å²) in [4.78, 5) is 41.5. The number of rotatable bonds is 5. The van der Waals surface area contributed by atoms with Crippen molar-refractivity contribution >= 4 is 34.7 Å². The number of benzene rings is 1. The first-order valence-corrected chi connectivity index (χ1v) is 11.5. The Morgan fingerprint density at radius 3 is 2.77 bits per heavy atom. The largest absolute Gasteiger partial charge is 0.353 e. The van der Waals surface area contributed by atoms with Crippen LogP contribution in [0.25, 0.3) is 10.4 Å². The SMILES string of the molecule is CCC(CC)C(=O)NC1CCN2C(=O)c3cc(-c4cccs4)ccc3NC(=O)C2C1. The highest BCUT2D eigenvalue weighted by molar-refractivity contribution is 7.13. The van der Waals surface area contributed by atoms with Gasteiger partial charge in [0.05, 0.1) is 11.3 Å². The third-order valence-corrected chi connectivity index (χ3v) is 7.10. The van der Waals surface area contributed by atoms with Crippen LogP contribution in [0.3, 0.4) is 0 Å². The maximum Gasteiger partial charge on any atom is 0.256 e. The Hall–Kier alpha value is -2.67. The number of carbonyl (C=O) groups excluding carboxylic acids is 3. The van der Waals surface area contributed by atoms with Crippen LogP contribution in [0.5, 0.6) is 0 Å². The number of amides is 3. The molecule has 1 aromatic heterocycles. The monoisotopic (exact) mass is 425 g/mol. The minimum Gasteiger partial charge on any atom is -0.353 e. The summed E-state index contributed by atoms with van der Waals surface area (Å²) in [5, 5.41) is 8.04. The Morgan fingerprint density at radius 2 is 2.07 bits per heavy atom. The lowest BCUT2D eigenvalue weighted by Crippen LogP contribution is -2.55. The molecule has 2 aromatic rings. The molecule has 1 saturated heterocycles. The molecule has 3 heterocycles. The van der Waals surface area contributed by atoms with Crippen molar-refractivity contribution in [3.8, 4) is 10.4 Å². The van der Waals surface area contributed by atoms with E-state index in [1.165, 1.54) is 0 Å². The zero-order valence-electron chi connectivity index (χ0n) is 17.3. The first-order valence-electron chi connectivity index (χ1n) is 10.6. The third-order valence-electron chi connectivity index (χ3n) is 6.18. The quantitative estimate of drug-likeness (QED) is 0.763. The molecule has 0 saturated carbocycles. The summed E-state index contributed by atoms with van der Waals surface area (Å²) in [7, 11) is 0. The summed E-state index contributed by atoms with van der Waals surface area (Å²) in [6.07, 6.45) is 2.69. The summed E-state index contributed by atoms with van der Waals surface area (Å²) in [6.45, 7) is 4.47. The lowest BCUT2D eigenvalue weighted by molar-refractivity contribution is -0.127. The molecular formula is C23H27N3O3S. The van der Waals surface area contributed by atoms with Crippen molar-refractivity contribution in [2.75, 3.05) is 11.9 Å². The number of carbonyl (C=O) groups is 3. The topological polar surface area (TPSA) is 78.5 Å². The Labute approximate surface area is 180 Å². The molecule has 2 aliphatic rings. The number of fused-ring (bicyclic) bond motifs is 2. The molecule has 2 N–H and O–H groups in total. The molecule has 0 spiro atoms. The predicted molar refractivity (Wildman–Crippen MR) is 118 cm³/mol. The van der Waals surface area contributed by atoms with Crippen LogP contribution in [0.1, 0.15) is 49.9 Å². The van der Waals surface area contributed by atoms with E-state index in [2.05, 4.69) is 10.6 Å². The second kappa shape index (κ2) is 8.60. The number of anilines is 1. The second-order valence-corrected chi connectivity index (χ2v) is 8.93. The summed E-state index contributed by atoms with van der Waals surface area (Å²) in [5.41, 5.74) is 2.05. The van der Waals surface area contributed by atoms with Gasteiger partial charge in [-0.15, -0.1) is 11.3 Å². The Morgan fingerprint density at radius 1 is 1.27 bits per heavy atom. The highest BCUT2D eigenvalue weighted by atomic mass is 32.1. The number of thiophene rings is 1. The second-order valence-electron chi connectivity index (χ2n) is 7.98. The molecule has 7 heteroatoms. The lowest BCUT2D eigenvalue weighted by atomic mass is 9.94. The molecule has 4 rings (SSSR count). The molecule has 1 aromatic carbocycles. The Bertz CT molecular complexity index is 953. The first kappa shape index (κ1) is 20.6. The predicted octanol–water partition coefficient (Wildman–Crippen LogP) is 3.89. The van der Waals surface area contributed by atoms with E-state index in [-0.39, 0.29) is 29.7 Å². The molecule has 1 fully saturated rings. The van der Waals surface area contributed by atoms with Crippen molar-refractivity contribution in [3.63, 3.8) is 0 Å². The fourth-order valence-electron chi connectivity index (χ4n) is 4.36. The first-order chi connectivity index (χ1) is 14.5. The van der Waals surface area contributed by atoms with E-state index in [1.54, 1.807) is 16.2 Å². The van der Waals surface area contributed by atoms with Gasteiger partial charge in [-0.3, -0.25) is 14.4 Å². The van der Waals surface area contributed by atoms with Crippen LogP contribution >= 0.6 is 11.3 Å². The average Bonchev–Trinajstić information content (AvgIpc) is 3.26. The van der Waals surface area contributed by atoms with Crippen LogP contribution in [0.4, 0.5) is 5.69 Å². The van der Waals surface area contributed by atoms with Crippen molar-refractivity contribution in [2.45, 2.75) is 51.6 Å². The van der Waals surface area contributed by atoms with Crippen LogP contribution in [0, 0.1) is 5.92 Å². The highest BCUT2D eigenvalue weighted by Crippen LogP contribution is 2.33. The van der Waals surface area contributed by atoms with Gasteiger partial charge in [-0.2, -0.15) is 0 Å². The molecule has 0 bridgehead atoms. The van der Waals surface area contributed by atoms with Gasteiger partial charge in [0.25, 0.3) is 5.91 Å². The lowest BCUT2D eigenvalue weighted by Gasteiger charge is -2.37. The third kappa shape index (κ3) is 3.86. The van der Waals surface area contributed by atoms with Crippen molar-refractivity contribution in [3.05, 3.63) is 41.3 Å². The Balaban J connectivity index is 1.55. The zero-order chi connectivity index (χ0) is 21.3. The molecule has 2 atom stereocenters. The number of hydrogen-bond acceptors (Lipinski definition) is 4. The normalized spacial score (nSPS) is 21.0. The molecule has 3 amide bonds. The number of hydrogen-bond donors (Lipinski definition) is 2. The fourth-order valence-corrected chi connectivity index (χ4v) is 5.09. The van der Waals surface area contributed by atoms with Crippen molar-refractivity contribution in [1.82, 2.24) is 10.2 Å². The minimum atomic E-state index is -0.573. The van der Waals surface area contributed by atoms with E-state index in [1.807, 2.05) is 49.6 Å². The van der Waals surface area contributed by atoms with Gasteiger partial charge in [0.15, 0.2) is 0 Å². The van der Waals surface area contributed by atoms with E-state index in [0.717, 1.165) is 23.3 Å². The molecule has 158 valence electrons. The van der Waals surface area contributed by atoms with Gasteiger partial charge >= 0.3 is 0 Å². The van der Waals surface area contributed by atoms with Gasteiger partial charge in [0.2, 0.25) is 11.8 Å². The number of piperidine rings is 1. The summed E-state index contributed by atoms with van der Waals surface area (Å²) in [5.74, 6) is -0.279. The molecule has 0 aliphatic carbocycles. The van der Waals surface area contributed by atoms with E-state index >= 15 is 0 Å². The van der Waals surface area contributed by atoms with Crippen molar-refractivity contribution < 1.29 is 14.4 Å². The molecule has 2 aliphatic heterocycles.